The molecule has 1 N–H and O–H groups in total. The molecular weight excluding hydrogens is 205 g/mol. The Kier molecular flexibility index (Phi) is 2.48. The molecule has 3 rings (SSSR count). The summed E-state index contributed by atoms with van der Waals surface area (Å²) >= 11 is 0. The van der Waals surface area contributed by atoms with Crippen LogP contribution in [0.25, 0.3) is 11.5 Å². The molecule has 0 radical (unpaired) electrons. The van der Waals surface area contributed by atoms with Crippen molar-refractivity contribution < 1.29 is 0 Å². The van der Waals surface area contributed by atoms with E-state index in [9.17, 15) is 0 Å². The van der Waals surface area contributed by atoms with Crippen LogP contribution in [0.4, 0.5) is 5.69 Å². The summed E-state index contributed by atoms with van der Waals surface area (Å²) in [6, 6.07) is 19.0. The molecule has 1 aliphatic rings. The summed E-state index contributed by atoms with van der Waals surface area (Å²) in [6.07, 6.45) is 2.28. The van der Waals surface area contributed by atoms with Gasteiger partial charge in [0.2, 0.25) is 0 Å². The van der Waals surface area contributed by atoms with Crippen molar-refractivity contribution in [3.8, 4) is 0 Å². The van der Waals surface area contributed by atoms with Gasteiger partial charge in [-0.3, -0.25) is 0 Å². The van der Waals surface area contributed by atoms with Gasteiger partial charge in [-0.25, -0.2) is 0 Å². The van der Waals surface area contributed by atoms with Crippen molar-refractivity contribution in [2.24, 2.45) is 0 Å². The minimum absolute atomic E-state index is 0.354. The summed E-state index contributed by atoms with van der Waals surface area (Å²) in [4.78, 5) is 0. The smallest absolute Gasteiger partial charge is 0.283 e. The first kappa shape index (κ1) is 10.2. The Hall–Kier alpha value is -1.96. The Morgan fingerprint density at radius 3 is 2.41 bits per heavy atom. The second-order valence-corrected chi connectivity index (χ2v) is 4.42. The number of hydrogen-bond donors (Lipinski definition) is 1. The highest BCUT2D eigenvalue weighted by Gasteiger charge is 2.20. The maximum atomic E-state index is 3.54. The van der Waals surface area contributed by atoms with Gasteiger partial charge in [-0.2, -0.15) is 0 Å². The van der Waals surface area contributed by atoms with Crippen molar-refractivity contribution in [1.29, 1.82) is 0 Å². The standard InChI is InChI=1S/C15H14BN/c1-16-14(12-7-3-2-4-8-12)11-13-9-5-6-10-15(13)17-16/h2-11,17H,1H3. The number of hydrogen-bond acceptors (Lipinski definition) is 1. The van der Waals surface area contributed by atoms with Gasteiger partial charge in [0.1, 0.15) is 0 Å². The Morgan fingerprint density at radius 2 is 1.59 bits per heavy atom. The Bertz CT molecular complexity index is 560. The van der Waals surface area contributed by atoms with E-state index in [2.05, 4.69) is 72.7 Å². The van der Waals surface area contributed by atoms with E-state index in [0.717, 1.165) is 0 Å². The fourth-order valence-electron chi connectivity index (χ4n) is 2.32. The maximum Gasteiger partial charge on any atom is 0.283 e. The number of para-hydroxylation sites is 1. The van der Waals surface area contributed by atoms with E-state index in [1.54, 1.807) is 0 Å². The third kappa shape index (κ3) is 1.87. The second-order valence-electron chi connectivity index (χ2n) is 4.42. The van der Waals surface area contributed by atoms with Crippen LogP contribution in [0.15, 0.2) is 54.6 Å². The molecule has 17 heavy (non-hydrogen) atoms. The van der Waals surface area contributed by atoms with Crippen LogP contribution >= 0.6 is 0 Å². The van der Waals surface area contributed by atoms with Crippen LogP contribution < -0.4 is 5.23 Å². The molecule has 0 amide bonds. The van der Waals surface area contributed by atoms with Crippen molar-refractivity contribution in [2.75, 3.05) is 5.23 Å². The van der Waals surface area contributed by atoms with Crippen LogP contribution in [0.5, 0.6) is 0 Å². The predicted octanol–water partition coefficient (Wildman–Crippen LogP) is 3.81. The molecule has 2 aromatic carbocycles. The quantitative estimate of drug-likeness (QED) is 0.719. The van der Waals surface area contributed by atoms with Gasteiger partial charge in [-0.05, 0) is 22.7 Å². The van der Waals surface area contributed by atoms with Gasteiger partial charge >= 0.3 is 0 Å². The van der Waals surface area contributed by atoms with Crippen molar-refractivity contribution in [2.45, 2.75) is 6.82 Å². The number of rotatable bonds is 1. The molecule has 1 nitrogen and oxygen atoms in total. The third-order valence-corrected chi connectivity index (χ3v) is 3.22. The lowest BCUT2D eigenvalue weighted by atomic mass is 9.53. The van der Waals surface area contributed by atoms with Crippen molar-refractivity contribution >= 4 is 24.1 Å². The number of nitrogens with one attached hydrogen (secondary N) is 1. The number of fused-ring (bicyclic) bond motifs is 1. The summed E-state index contributed by atoms with van der Waals surface area (Å²) < 4.78 is 0. The normalized spacial score (nSPS) is 13.7. The van der Waals surface area contributed by atoms with Gasteiger partial charge in [0.25, 0.3) is 6.85 Å². The average Bonchev–Trinajstić information content (AvgIpc) is 2.39. The molecule has 0 unspecified atom stereocenters. The number of anilines is 1. The molecule has 82 valence electrons. The predicted molar refractivity (Wildman–Crippen MR) is 76.0 cm³/mol. The molecule has 0 aromatic heterocycles. The van der Waals surface area contributed by atoms with E-state index < -0.39 is 0 Å². The lowest BCUT2D eigenvalue weighted by Crippen LogP contribution is -2.26. The van der Waals surface area contributed by atoms with E-state index in [4.69, 9.17) is 0 Å². The zero-order chi connectivity index (χ0) is 11.7. The average molecular weight is 219 g/mol. The minimum atomic E-state index is 0.354. The highest BCUT2D eigenvalue weighted by atomic mass is 14.8. The highest BCUT2D eigenvalue weighted by molar-refractivity contribution is 6.82. The first-order chi connectivity index (χ1) is 8.34. The minimum Gasteiger partial charge on any atom is -0.424 e. The molecular formula is C15H14BN. The van der Waals surface area contributed by atoms with Crippen LogP contribution in [0.2, 0.25) is 6.82 Å². The Balaban J connectivity index is 2.10. The van der Waals surface area contributed by atoms with E-state index >= 15 is 0 Å². The fourth-order valence-corrected chi connectivity index (χ4v) is 2.32. The van der Waals surface area contributed by atoms with Crippen LogP contribution in [0, 0.1) is 0 Å². The summed E-state index contributed by atoms with van der Waals surface area (Å²) in [5.74, 6) is 0. The lowest BCUT2D eigenvalue weighted by molar-refractivity contribution is 1.57. The zero-order valence-electron chi connectivity index (χ0n) is 9.85. The molecule has 0 bridgehead atoms. The monoisotopic (exact) mass is 219 g/mol. The van der Waals surface area contributed by atoms with Gasteiger partial charge in [0.15, 0.2) is 0 Å². The van der Waals surface area contributed by atoms with E-state index in [1.165, 1.54) is 22.3 Å². The van der Waals surface area contributed by atoms with Crippen LogP contribution in [0.3, 0.4) is 0 Å². The molecule has 0 saturated heterocycles. The van der Waals surface area contributed by atoms with E-state index in [-0.39, 0.29) is 0 Å². The van der Waals surface area contributed by atoms with Crippen LogP contribution in [-0.4, -0.2) is 6.85 Å². The summed E-state index contributed by atoms with van der Waals surface area (Å²) in [5.41, 5.74) is 5.13. The molecule has 0 spiro atoms. The van der Waals surface area contributed by atoms with E-state index in [0.29, 0.717) is 6.85 Å². The number of benzene rings is 2. The van der Waals surface area contributed by atoms with E-state index in [1.807, 2.05) is 0 Å². The molecule has 0 atom stereocenters. The highest BCUT2D eigenvalue weighted by Crippen LogP contribution is 2.30. The van der Waals surface area contributed by atoms with Crippen molar-refractivity contribution in [1.82, 2.24) is 0 Å². The first-order valence-electron chi connectivity index (χ1n) is 5.97. The lowest BCUT2D eigenvalue weighted by Gasteiger charge is -2.23. The van der Waals surface area contributed by atoms with Crippen LogP contribution in [0.1, 0.15) is 11.1 Å². The molecule has 1 heterocycles. The zero-order valence-corrected chi connectivity index (χ0v) is 9.85. The SMILES string of the molecule is CB1Nc2ccccc2C=C1c1ccccc1. The topological polar surface area (TPSA) is 12.0 Å². The fraction of sp³-hybridized carbons (Fsp3) is 0.0667. The molecule has 0 aliphatic carbocycles. The third-order valence-electron chi connectivity index (χ3n) is 3.22. The van der Waals surface area contributed by atoms with Gasteiger partial charge in [-0.15, -0.1) is 0 Å². The maximum absolute atomic E-state index is 3.54. The van der Waals surface area contributed by atoms with Crippen molar-refractivity contribution in [3.05, 3.63) is 65.7 Å². The first-order valence-corrected chi connectivity index (χ1v) is 5.97. The molecule has 2 heteroatoms. The molecule has 0 saturated carbocycles. The Morgan fingerprint density at radius 1 is 0.882 bits per heavy atom. The van der Waals surface area contributed by atoms with Gasteiger partial charge in [0.05, 0.1) is 0 Å². The van der Waals surface area contributed by atoms with Gasteiger partial charge in [-0.1, -0.05) is 61.4 Å². The molecule has 2 aromatic rings. The largest absolute Gasteiger partial charge is 0.424 e. The van der Waals surface area contributed by atoms with Gasteiger partial charge in [0, 0.05) is 5.69 Å². The second kappa shape index (κ2) is 4.13. The van der Waals surface area contributed by atoms with Crippen LogP contribution in [-0.2, 0) is 0 Å². The summed E-state index contributed by atoms with van der Waals surface area (Å²) in [6.45, 7) is 2.56. The molecule has 1 aliphatic heterocycles. The van der Waals surface area contributed by atoms with Crippen molar-refractivity contribution in [3.63, 3.8) is 0 Å². The Labute approximate surface area is 102 Å². The summed E-state index contributed by atoms with van der Waals surface area (Å²) in [7, 11) is 0. The summed E-state index contributed by atoms with van der Waals surface area (Å²) in [5, 5.41) is 3.54. The van der Waals surface area contributed by atoms with Gasteiger partial charge < -0.3 is 5.23 Å². The molecule has 0 fully saturated rings.